The van der Waals surface area contributed by atoms with Gasteiger partial charge in [0.2, 0.25) is 0 Å². The summed E-state index contributed by atoms with van der Waals surface area (Å²) < 4.78 is 0. The molecule has 1 unspecified atom stereocenters. The summed E-state index contributed by atoms with van der Waals surface area (Å²) in [7, 11) is 0. The minimum Gasteiger partial charge on any atom is -0.395 e. The van der Waals surface area contributed by atoms with Gasteiger partial charge in [0.15, 0.2) is 0 Å². The Labute approximate surface area is 127 Å². The molecule has 0 bridgehead atoms. The largest absolute Gasteiger partial charge is 0.395 e. The van der Waals surface area contributed by atoms with Gasteiger partial charge in [0.05, 0.1) is 18.5 Å². The van der Waals surface area contributed by atoms with Gasteiger partial charge in [-0.05, 0) is 37.7 Å². The Hall–Kier alpha value is -1.24. The van der Waals surface area contributed by atoms with Crippen LogP contribution >= 0.6 is 11.3 Å². The molecule has 0 aliphatic heterocycles. The Morgan fingerprint density at radius 1 is 1.43 bits per heavy atom. The average molecular weight is 307 g/mol. The van der Waals surface area contributed by atoms with E-state index in [1.807, 2.05) is 6.92 Å². The normalized spacial score (nSPS) is 16.1. The molecule has 0 saturated carbocycles. The van der Waals surface area contributed by atoms with Crippen LogP contribution in [0, 0.1) is 0 Å². The molecule has 2 aromatic heterocycles. The number of nitrogens with one attached hydrogen (secondary N) is 2. The summed E-state index contributed by atoms with van der Waals surface area (Å²) in [6, 6.07) is 0.0440. The lowest BCUT2D eigenvalue weighted by Gasteiger charge is -2.13. The Morgan fingerprint density at radius 2 is 2.24 bits per heavy atom. The zero-order valence-electron chi connectivity index (χ0n) is 12.2. The van der Waals surface area contributed by atoms with Crippen molar-refractivity contribution in [2.75, 3.05) is 6.61 Å². The molecule has 3 N–H and O–H groups in total. The molecule has 2 heterocycles. The van der Waals surface area contributed by atoms with Crippen LogP contribution in [0.4, 0.5) is 0 Å². The van der Waals surface area contributed by atoms with Crippen molar-refractivity contribution in [1.82, 2.24) is 15.3 Å². The molecule has 2 aromatic rings. The maximum Gasteiger partial charge on any atom is 0.259 e. The first kappa shape index (κ1) is 14.7. The summed E-state index contributed by atoms with van der Waals surface area (Å²) in [5.74, 6) is 0.651. The maximum absolute atomic E-state index is 12.4. The summed E-state index contributed by atoms with van der Waals surface area (Å²) >= 11 is 1.67. The van der Waals surface area contributed by atoms with Gasteiger partial charge in [-0.25, -0.2) is 4.98 Å². The molecule has 1 atom stereocenters. The minimum atomic E-state index is -0.0201. The first-order chi connectivity index (χ1) is 10.2. The highest BCUT2D eigenvalue weighted by atomic mass is 32.1. The number of aliphatic hydroxyl groups is 1. The van der Waals surface area contributed by atoms with Crippen LogP contribution < -0.4 is 10.9 Å². The van der Waals surface area contributed by atoms with Gasteiger partial charge in [0.25, 0.3) is 5.56 Å². The molecule has 5 nitrogen and oxygen atoms in total. The van der Waals surface area contributed by atoms with E-state index in [4.69, 9.17) is 0 Å². The first-order valence-electron chi connectivity index (χ1n) is 7.60. The molecular formula is C15H21N3O2S. The second-order valence-electron chi connectivity index (χ2n) is 5.57. The second-order valence-corrected chi connectivity index (χ2v) is 6.66. The molecule has 0 aromatic carbocycles. The maximum atomic E-state index is 12.4. The smallest absolute Gasteiger partial charge is 0.259 e. The highest BCUT2D eigenvalue weighted by molar-refractivity contribution is 7.18. The van der Waals surface area contributed by atoms with Crippen molar-refractivity contribution in [1.29, 1.82) is 0 Å². The third-order valence-electron chi connectivity index (χ3n) is 4.15. The molecule has 0 fully saturated rings. The zero-order chi connectivity index (χ0) is 14.8. The highest BCUT2D eigenvalue weighted by Gasteiger charge is 2.19. The van der Waals surface area contributed by atoms with Crippen LogP contribution in [0.2, 0.25) is 0 Å². The number of H-pyrrole nitrogens is 1. The Balaban J connectivity index is 1.91. The Bertz CT molecular complexity index is 688. The van der Waals surface area contributed by atoms with Gasteiger partial charge in [0.1, 0.15) is 10.7 Å². The van der Waals surface area contributed by atoms with E-state index in [-0.39, 0.29) is 18.2 Å². The molecule has 1 aliphatic carbocycles. The van der Waals surface area contributed by atoms with Gasteiger partial charge in [-0.1, -0.05) is 6.92 Å². The number of aromatic nitrogens is 2. The van der Waals surface area contributed by atoms with E-state index in [1.165, 1.54) is 16.9 Å². The van der Waals surface area contributed by atoms with Gasteiger partial charge in [-0.3, -0.25) is 4.79 Å². The Kier molecular flexibility index (Phi) is 4.37. The third kappa shape index (κ3) is 2.88. The predicted molar refractivity (Wildman–Crippen MR) is 84.9 cm³/mol. The van der Waals surface area contributed by atoms with Crippen molar-refractivity contribution in [3.8, 4) is 0 Å². The fourth-order valence-corrected chi connectivity index (χ4v) is 4.15. The van der Waals surface area contributed by atoms with E-state index in [1.54, 1.807) is 11.3 Å². The number of hydrogen-bond acceptors (Lipinski definition) is 5. The van der Waals surface area contributed by atoms with E-state index in [0.717, 1.165) is 35.9 Å². The summed E-state index contributed by atoms with van der Waals surface area (Å²) in [6.07, 6.45) is 5.29. The molecule has 6 heteroatoms. The van der Waals surface area contributed by atoms with Crippen molar-refractivity contribution in [3.05, 3.63) is 26.6 Å². The van der Waals surface area contributed by atoms with Crippen molar-refractivity contribution >= 4 is 21.6 Å². The molecular weight excluding hydrogens is 286 g/mol. The number of aliphatic hydroxyl groups excluding tert-OH is 1. The van der Waals surface area contributed by atoms with Gasteiger partial charge in [0, 0.05) is 10.9 Å². The standard InChI is InChI=1S/C15H21N3O2S/c1-2-9(8-19)16-7-12-17-14(20)13-10-5-3-4-6-11(10)21-15(13)18-12/h9,16,19H,2-8H2,1H3,(H,17,18,20). The fourth-order valence-electron chi connectivity index (χ4n) is 2.87. The molecule has 3 rings (SSSR count). The number of aryl methyl sites for hydroxylation is 2. The van der Waals surface area contributed by atoms with E-state index < -0.39 is 0 Å². The van der Waals surface area contributed by atoms with E-state index in [0.29, 0.717) is 12.4 Å². The molecule has 1 aliphatic rings. The monoisotopic (exact) mass is 307 g/mol. The number of rotatable bonds is 5. The highest BCUT2D eigenvalue weighted by Crippen LogP contribution is 2.33. The van der Waals surface area contributed by atoms with Crippen molar-refractivity contribution < 1.29 is 5.11 Å². The Morgan fingerprint density at radius 3 is 3.00 bits per heavy atom. The quantitative estimate of drug-likeness (QED) is 0.786. The lowest BCUT2D eigenvalue weighted by molar-refractivity contribution is 0.237. The molecule has 21 heavy (non-hydrogen) atoms. The predicted octanol–water partition coefficient (Wildman–Crippen LogP) is 1.72. The van der Waals surface area contributed by atoms with Crippen LogP contribution in [0.25, 0.3) is 10.2 Å². The number of hydrogen-bond donors (Lipinski definition) is 3. The van der Waals surface area contributed by atoms with Crippen LogP contribution in [0.15, 0.2) is 4.79 Å². The van der Waals surface area contributed by atoms with E-state index in [9.17, 15) is 9.90 Å². The van der Waals surface area contributed by atoms with Gasteiger partial charge >= 0.3 is 0 Å². The van der Waals surface area contributed by atoms with Crippen LogP contribution in [0.5, 0.6) is 0 Å². The molecule has 114 valence electrons. The molecule has 0 spiro atoms. The van der Waals surface area contributed by atoms with E-state index in [2.05, 4.69) is 15.3 Å². The fraction of sp³-hybridized carbons (Fsp3) is 0.600. The number of thiophene rings is 1. The van der Waals surface area contributed by atoms with E-state index >= 15 is 0 Å². The summed E-state index contributed by atoms with van der Waals surface area (Å²) in [5, 5.41) is 13.2. The topological polar surface area (TPSA) is 78.0 Å². The van der Waals surface area contributed by atoms with Gasteiger partial charge < -0.3 is 15.4 Å². The SMILES string of the molecule is CCC(CO)NCc1nc2sc3c(c2c(=O)[nH]1)CCCC3. The lowest BCUT2D eigenvalue weighted by Crippen LogP contribution is -2.32. The number of fused-ring (bicyclic) bond motifs is 3. The van der Waals surface area contributed by atoms with Crippen LogP contribution in [-0.4, -0.2) is 27.7 Å². The van der Waals surface area contributed by atoms with Crippen molar-refractivity contribution in [2.45, 2.75) is 51.6 Å². The first-order valence-corrected chi connectivity index (χ1v) is 8.42. The van der Waals surface area contributed by atoms with Crippen LogP contribution in [0.3, 0.4) is 0 Å². The van der Waals surface area contributed by atoms with Gasteiger partial charge in [-0.15, -0.1) is 11.3 Å². The minimum absolute atomic E-state index is 0.0201. The second kappa shape index (κ2) is 6.25. The van der Waals surface area contributed by atoms with Crippen LogP contribution in [0.1, 0.15) is 42.5 Å². The van der Waals surface area contributed by atoms with Crippen LogP contribution in [-0.2, 0) is 19.4 Å². The van der Waals surface area contributed by atoms with Crippen molar-refractivity contribution in [2.24, 2.45) is 0 Å². The average Bonchev–Trinajstić information content (AvgIpc) is 2.87. The zero-order valence-corrected chi connectivity index (χ0v) is 13.1. The van der Waals surface area contributed by atoms with Gasteiger partial charge in [-0.2, -0.15) is 0 Å². The number of aromatic amines is 1. The third-order valence-corrected chi connectivity index (χ3v) is 5.33. The number of nitrogens with zero attached hydrogens (tertiary/aromatic N) is 1. The summed E-state index contributed by atoms with van der Waals surface area (Å²) in [5.41, 5.74) is 1.20. The molecule has 0 radical (unpaired) electrons. The summed E-state index contributed by atoms with van der Waals surface area (Å²) in [6.45, 7) is 2.59. The van der Waals surface area contributed by atoms with Crippen molar-refractivity contribution in [3.63, 3.8) is 0 Å². The summed E-state index contributed by atoms with van der Waals surface area (Å²) in [4.78, 5) is 22.0. The molecule has 0 saturated heterocycles. The molecule has 0 amide bonds. The lowest BCUT2D eigenvalue weighted by atomic mass is 9.97.